The molecule has 3 N–H and O–H groups in total. The summed E-state index contributed by atoms with van der Waals surface area (Å²) in [5.41, 5.74) is 3.68. The predicted octanol–water partition coefficient (Wildman–Crippen LogP) is -0.310. The fourth-order valence-electron chi connectivity index (χ4n) is 0.468. The molecule has 0 aliphatic rings. The van der Waals surface area contributed by atoms with Gasteiger partial charge in [0.15, 0.2) is 11.7 Å². The molecule has 0 aromatic rings. The summed E-state index contributed by atoms with van der Waals surface area (Å²) in [7, 11) is 0. The van der Waals surface area contributed by atoms with E-state index < -0.39 is 5.92 Å². The highest BCUT2D eigenvalue weighted by atomic mass is 35.5. The van der Waals surface area contributed by atoms with Gasteiger partial charge in [0, 0.05) is 0 Å². The number of quaternary nitrogens is 1. The molecule has 0 aliphatic heterocycles. The van der Waals surface area contributed by atoms with Gasteiger partial charge in [-0.3, -0.25) is 4.79 Å². The predicted molar refractivity (Wildman–Crippen MR) is 36.9 cm³/mol. The summed E-state index contributed by atoms with van der Waals surface area (Å²) in [5.74, 6) is -1.34. The number of hydrogen-bond donors (Lipinski definition) is 1. The summed E-state index contributed by atoms with van der Waals surface area (Å²) in [6.45, 7) is 3.38. The van der Waals surface area contributed by atoms with E-state index in [9.17, 15) is 4.79 Å². The third-order valence-corrected chi connectivity index (χ3v) is 1.25. The Bertz CT molecular complexity index is 194. The first-order valence-electron chi connectivity index (χ1n) is 2.62. The molecule has 0 bridgehead atoms. The van der Waals surface area contributed by atoms with Crippen LogP contribution in [-0.2, 0) is 4.79 Å². The average Bonchev–Trinajstić information content (AvgIpc) is 1.88. The van der Waals surface area contributed by atoms with Crippen LogP contribution in [-0.4, -0.2) is 11.7 Å². The van der Waals surface area contributed by atoms with E-state index in [4.69, 9.17) is 16.9 Å². The van der Waals surface area contributed by atoms with Gasteiger partial charge in [-0.15, -0.1) is 11.6 Å². The molecule has 54 valence electrons. The molecule has 0 spiro atoms. The van der Waals surface area contributed by atoms with Crippen molar-refractivity contribution in [1.82, 2.24) is 0 Å². The van der Waals surface area contributed by atoms with Crippen LogP contribution >= 0.6 is 11.6 Å². The second kappa shape index (κ2) is 4.04. The molecule has 0 aromatic heterocycles. The van der Waals surface area contributed by atoms with Gasteiger partial charge in [-0.1, -0.05) is 0 Å². The first-order chi connectivity index (χ1) is 4.63. The van der Waals surface area contributed by atoms with Crippen LogP contribution in [0.2, 0.25) is 0 Å². The summed E-state index contributed by atoms with van der Waals surface area (Å²) >= 11 is 5.20. The number of nitriles is 1. The number of Topliss-reactive ketones (excluding diaryl/α,β-unsaturated/α-hetero) is 1. The minimum atomic E-state index is -0.836. The number of hydrogen-bond acceptors (Lipinski definition) is 2. The van der Waals surface area contributed by atoms with Crippen molar-refractivity contribution in [3.63, 3.8) is 0 Å². The van der Waals surface area contributed by atoms with Gasteiger partial charge < -0.3 is 5.73 Å². The molecule has 0 radical (unpaired) electrons. The van der Waals surface area contributed by atoms with E-state index in [1.54, 1.807) is 6.07 Å². The Morgan fingerprint density at radius 3 is 2.50 bits per heavy atom. The van der Waals surface area contributed by atoms with Crippen LogP contribution in [0.3, 0.4) is 0 Å². The van der Waals surface area contributed by atoms with Gasteiger partial charge in [0.05, 0.1) is 11.9 Å². The van der Waals surface area contributed by atoms with Crippen molar-refractivity contribution in [2.75, 3.05) is 5.88 Å². The highest BCUT2D eigenvalue weighted by Crippen LogP contribution is 2.02. The lowest BCUT2D eigenvalue weighted by Crippen LogP contribution is -2.51. The van der Waals surface area contributed by atoms with E-state index in [1.807, 2.05) is 0 Å². The van der Waals surface area contributed by atoms with Gasteiger partial charge in [-0.25, -0.2) is 0 Å². The van der Waals surface area contributed by atoms with E-state index in [1.165, 1.54) is 0 Å². The highest BCUT2D eigenvalue weighted by Gasteiger charge is 2.20. The lowest BCUT2D eigenvalue weighted by Gasteiger charge is -1.98. The quantitative estimate of drug-likeness (QED) is 0.574. The number of ketones is 1. The van der Waals surface area contributed by atoms with Crippen molar-refractivity contribution in [3.8, 4) is 6.07 Å². The molecule has 0 aromatic carbocycles. The Labute approximate surface area is 64.1 Å². The fraction of sp³-hybridized carbons (Fsp3) is 0.333. The van der Waals surface area contributed by atoms with Gasteiger partial charge >= 0.3 is 0 Å². The molecule has 0 amide bonds. The molecule has 0 saturated heterocycles. The Morgan fingerprint density at radius 1 is 1.90 bits per heavy atom. The molecule has 4 heteroatoms. The Kier molecular flexibility index (Phi) is 3.70. The van der Waals surface area contributed by atoms with E-state index >= 15 is 0 Å². The lowest BCUT2D eigenvalue weighted by atomic mass is 10.1. The zero-order valence-electron chi connectivity index (χ0n) is 5.43. The zero-order chi connectivity index (χ0) is 8.15. The van der Waals surface area contributed by atoms with Crippen molar-refractivity contribution < 1.29 is 10.5 Å². The third-order valence-electron chi connectivity index (χ3n) is 0.991. The second-order valence-electron chi connectivity index (χ2n) is 1.82. The molecule has 0 saturated carbocycles. The van der Waals surface area contributed by atoms with E-state index in [2.05, 4.69) is 12.3 Å². The number of nitrogens with zero attached hydrogens (tertiary/aromatic N) is 1. The van der Waals surface area contributed by atoms with Crippen LogP contribution in [0.15, 0.2) is 12.3 Å². The number of allylic oxidation sites excluding steroid dienone is 1. The minimum absolute atomic E-state index is 0.160. The number of carbonyl (C=O) groups excluding carboxylic acids is 1. The SMILES string of the molecule is C=C([NH3+])[C@H](C#N)C(=O)CCl. The van der Waals surface area contributed by atoms with Crippen LogP contribution in [0.25, 0.3) is 0 Å². The molecule has 0 unspecified atom stereocenters. The first kappa shape index (κ1) is 9.15. The molecule has 0 rings (SSSR count). The molecule has 0 heterocycles. The molecule has 0 aliphatic carbocycles. The van der Waals surface area contributed by atoms with E-state index in [0.717, 1.165) is 0 Å². The van der Waals surface area contributed by atoms with Gasteiger partial charge in [0.2, 0.25) is 0 Å². The molecule has 1 atom stereocenters. The van der Waals surface area contributed by atoms with Crippen molar-refractivity contribution >= 4 is 17.4 Å². The van der Waals surface area contributed by atoms with Crippen LogP contribution in [0, 0.1) is 17.2 Å². The van der Waals surface area contributed by atoms with Crippen LogP contribution in [0.5, 0.6) is 0 Å². The number of carbonyl (C=O) groups is 1. The van der Waals surface area contributed by atoms with Gasteiger partial charge in [-0.05, 0) is 6.58 Å². The van der Waals surface area contributed by atoms with Crippen molar-refractivity contribution in [2.45, 2.75) is 0 Å². The standard InChI is InChI=1S/C6H7ClN2O/c1-4(9)5(3-8)6(10)2-7/h5H,1-2,9H2/p+1/t5-/m0/s1. The van der Waals surface area contributed by atoms with Crippen LogP contribution in [0.4, 0.5) is 0 Å². The number of rotatable bonds is 3. The summed E-state index contributed by atoms with van der Waals surface area (Å²) in [6.07, 6.45) is 0. The summed E-state index contributed by atoms with van der Waals surface area (Å²) in [4.78, 5) is 10.7. The van der Waals surface area contributed by atoms with Crippen molar-refractivity contribution in [3.05, 3.63) is 12.3 Å². The normalized spacial score (nSPS) is 11.7. The maximum atomic E-state index is 10.7. The van der Waals surface area contributed by atoms with Gasteiger partial charge in [0.1, 0.15) is 5.70 Å². The lowest BCUT2D eigenvalue weighted by molar-refractivity contribution is -0.309. The monoisotopic (exact) mass is 159 g/mol. The molecule has 0 fully saturated rings. The van der Waals surface area contributed by atoms with Gasteiger partial charge in [0.25, 0.3) is 0 Å². The molecule has 3 nitrogen and oxygen atoms in total. The summed E-state index contributed by atoms with van der Waals surface area (Å²) in [6, 6.07) is 1.76. The largest absolute Gasteiger partial charge is 0.328 e. The Hall–Kier alpha value is -0.850. The van der Waals surface area contributed by atoms with Gasteiger partial charge in [-0.2, -0.15) is 5.26 Å². The van der Waals surface area contributed by atoms with E-state index in [-0.39, 0.29) is 11.7 Å². The van der Waals surface area contributed by atoms with Crippen LogP contribution < -0.4 is 5.73 Å². The van der Waals surface area contributed by atoms with Crippen molar-refractivity contribution in [1.29, 1.82) is 5.26 Å². The maximum absolute atomic E-state index is 10.7. The summed E-state index contributed by atoms with van der Waals surface area (Å²) < 4.78 is 0. The summed E-state index contributed by atoms with van der Waals surface area (Å²) in [5, 5.41) is 8.37. The molecular weight excluding hydrogens is 152 g/mol. The highest BCUT2D eigenvalue weighted by molar-refractivity contribution is 6.28. The van der Waals surface area contributed by atoms with Crippen LogP contribution in [0.1, 0.15) is 0 Å². The minimum Gasteiger partial charge on any atom is -0.328 e. The number of alkyl halides is 1. The second-order valence-corrected chi connectivity index (χ2v) is 2.09. The third kappa shape index (κ3) is 2.18. The fourth-order valence-corrected chi connectivity index (χ4v) is 0.622. The smallest absolute Gasteiger partial charge is 0.179 e. The molecular formula is C6H8ClN2O+. The molecule has 10 heavy (non-hydrogen) atoms. The maximum Gasteiger partial charge on any atom is 0.179 e. The Morgan fingerprint density at radius 2 is 2.40 bits per heavy atom. The average molecular weight is 160 g/mol. The Balaban J connectivity index is 4.25. The zero-order valence-corrected chi connectivity index (χ0v) is 6.19. The first-order valence-corrected chi connectivity index (χ1v) is 3.16. The topological polar surface area (TPSA) is 68.5 Å². The van der Waals surface area contributed by atoms with Crippen molar-refractivity contribution in [2.24, 2.45) is 5.92 Å². The van der Waals surface area contributed by atoms with E-state index in [0.29, 0.717) is 5.70 Å². The number of halogens is 1.